The minimum Gasteiger partial charge on any atom is -0.334 e. The van der Waals surface area contributed by atoms with Gasteiger partial charge in [-0.2, -0.15) is 0 Å². The van der Waals surface area contributed by atoms with Gasteiger partial charge in [-0.25, -0.2) is 0 Å². The summed E-state index contributed by atoms with van der Waals surface area (Å²) in [5.74, 6) is 1.76. The van der Waals surface area contributed by atoms with Crippen molar-refractivity contribution in [3.8, 4) is 0 Å². The number of rotatable bonds is 1. The lowest BCUT2D eigenvalue weighted by atomic mass is 9.84. The molecule has 1 amide bonds. The lowest BCUT2D eigenvalue weighted by Gasteiger charge is -2.41. The molecule has 4 unspecified atom stereocenters. The van der Waals surface area contributed by atoms with Gasteiger partial charge in [0.2, 0.25) is 0 Å². The van der Waals surface area contributed by atoms with Crippen molar-refractivity contribution in [2.24, 2.45) is 11.8 Å². The first-order valence-corrected chi connectivity index (χ1v) is 8.20. The summed E-state index contributed by atoms with van der Waals surface area (Å²) in [6, 6.07) is 6.66. The Kier molecular flexibility index (Phi) is 3.07. The van der Waals surface area contributed by atoms with Crippen molar-refractivity contribution in [3.63, 3.8) is 0 Å². The maximum atomic E-state index is 13.1. The molecule has 4 aliphatic heterocycles. The predicted octanol–water partition coefficient (Wildman–Crippen LogP) is 2.47. The first-order valence-electron chi connectivity index (χ1n) is 8.20. The molecule has 0 aromatic heterocycles. The summed E-state index contributed by atoms with van der Waals surface area (Å²) < 4.78 is 0. The molecule has 0 aliphatic carbocycles. The number of benzene rings is 1. The first kappa shape index (κ1) is 13.3. The van der Waals surface area contributed by atoms with Crippen molar-refractivity contribution >= 4 is 5.91 Å². The van der Waals surface area contributed by atoms with E-state index in [9.17, 15) is 4.79 Å². The van der Waals surface area contributed by atoms with Gasteiger partial charge in [0.1, 0.15) is 0 Å². The zero-order valence-corrected chi connectivity index (χ0v) is 13.0. The summed E-state index contributed by atoms with van der Waals surface area (Å²) in [4.78, 5) is 17.9. The summed E-state index contributed by atoms with van der Waals surface area (Å²) in [5, 5.41) is 0. The van der Waals surface area contributed by atoms with Gasteiger partial charge in [-0.05, 0) is 50.2 Å². The van der Waals surface area contributed by atoms with Crippen LogP contribution in [-0.4, -0.2) is 47.9 Å². The molecule has 1 aromatic carbocycles. The van der Waals surface area contributed by atoms with Crippen molar-refractivity contribution in [1.29, 1.82) is 0 Å². The highest BCUT2D eigenvalue weighted by Gasteiger charge is 2.43. The second kappa shape index (κ2) is 4.84. The maximum Gasteiger partial charge on any atom is 0.254 e. The molecule has 0 saturated carbocycles. The Labute approximate surface area is 126 Å². The molecular weight excluding hydrogens is 260 g/mol. The Balaban J connectivity index is 1.66. The molecule has 0 radical (unpaired) electrons. The Morgan fingerprint density at radius 2 is 1.86 bits per heavy atom. The zero-order chi connectivity index (χ0) is 14.6. The van der Waals surface area contributed by atoms with Crippen LogP contribution >= 0.6 is 0 Å². The van der Waals surface area contributed by atoms with E-state index >= 15 is 0 Å². The molecule has 4 fully saturated rings. The van der Waals surface area contributed by atoms with E-state index in [0.717, 1.165) is 30.1 Å². The van der Waals surface area contributed by atoms with Crippen LogP contribution in [0, 0.1) is 25.7 Å². The van der Waals surface area contributed by atoms with Gasteiger partial charge in [0.05, 0.1) is 0 Å². The fourth-order valence-electron chi connectivity index (χ4n) is 4.66. The van der Waals surface area contributed by atoms with E-state index in [2.05, 4.69) is 41.8 Å². The van der Waals surface area contributed by atoms with E-state index in [0.29, 0.717) is 12.0 Å². The van der Waals surface area contributed by atoms with E-state index in [1.54, 1.807) is 0 Å². The van der Waals surface area contributed by atoms with E-state index in [1.807, 2.05) is 0 Å². The highest BCUT2D eigenvalue weighted by atomic mass is 16.2. The summed E-state index contributed by atoms with van der Waals surface area (Å²) >= 11 is 0. The predicted molar refractivity (Wildman–Crippen MR) is 83.4 cm³/mol. The van der Waals surface area contributed by atoms with Crippen molar-refractivity contribution in [2.75, 3.05) is 26.2 Å². The molecule has 4 aliphatic rings. The third-order valence-electron chi connectivity index (χ3n) is 5.55. The molecule has 112 valence electrons. The summed E-state index contributed by atoms with van der Waals surface area (Å²) in [6.45, 7) is 8.63. The van der Waals surface area contributed by atoms with Gasteiger partial charge in [0.25, 0.3) is 5.91 Å². The first-order chi connectivity index (χ1) is 10.1. The van der Waals surface area contributed by atoms with E-state index < -0.39 is 0 Å². The largest absolute Gasteiger partial charge is 0.334 e. The third kappa shape index (κ3) is 2.28. The third-order valence-corrected chi connectivity index (χ3v) is 5.55. The molecule has 0 N–H and O–H groups in total. The van der Waals surface area contributed by atoms with Crippen molar-refractivity contribution in [3.05, 3.63) is 34.9 Å². The molecule has 3 heteroatoms. The Bertz CT molecular complexity index is 569. The van der Waals surface area contributed by atoms with E-state index in [-0.39, 0.29) is 5.91 Å². The minimum absolute atomic E-state index is 0.260. The van der Waals surface area contributed by atoms with Gasteiger partial charge in [0, 0.05) is 37.8 Å². The van der Waals surface area contributed by atoms with Gasteiger partial charge >= 0.3 is 0 Å². The van der Waals surface area contributed by atoms with Crippen LogP contribution in [0.4, 0.5) is 0 Å². The fraction of sp³-hybridized carbons (Fsp3) is 0.611. The molecule has 1 aromatic rings. The second-order valence-electron chi connectivity index (χ2n) is 7.35. The van der Waals surface area contributed by atoms with Gasteiger partial charge in [0.15, 0.2) is 0 Å². The average Bonchev–Trinajstić information content (AvgIpc) is 2.65. The molecule has 4 atom stereocenters. The molecule has 4 saturated heterocycles. The Morgan fingerprint density at radius 3 is 2.67 bits per heavy atom. The van der Waals surface area contributed by atoms with Gasteiger partial charge in [-0.3, -0.25) is 4.79 Å². The smallest absolute Gasteiger partial charge is 0.254 e. The number of piperidine rings is 2. The van der Waals surface area contributed by atoms with Crippen LogP contribution in [0.1, 0.15) is 34.3 Å². The normalized spacial score (nSPS) is 34.1. The van der Waals surface area contributed by atoms with Crippen LogP contribution in [0.15, 0.2) is 18.2 Å². The standard InChI is InChI=1S/C18H24N2O/c1-12-3-4-13(2)17(5-12)18(21)20-10-15-6-14-7-16(20)11-19(8-14)9-15/h3-5,14-16H,6-11H2,1-2H3. The summed E-state index contributed by atoms with van der Waals surface area (Å²) in [7, 11) is 0. The zero-order valence-electron chi connectivity index (χ0n) is 13.0. The molecule has 4 heterocycles. The van der Waals surface area contributed by atoms with Crippen molar-refractivity contribution in [1.82, 2.24) is 9.80 Å². The fourth-order valence-corrected chi connectivity index (χ4v) is 4.66. The number of carbonyl (C=O) groups excluding carboxylic acids is 1. The molecule has 5 rings (SSSR count). The molecule has 21 heavy (non-hydrogen) atoms. The molecule has 4 bridgehead atoms. The number of aryl methyl sites for hydroxylation is 2. The van der Waals surface area contributed by atoms with Crippen LogP contribution in [0.2, 0.25) is 0 Å². The number of amides is 1. The van der Waals surface area contributed by atoms with Crippen molar-refractivity contribution in [2.45, 2.75) is 32.7 Å². The van der Waals surface area contributed by atoms with Gasteiger partial charge < -0.3 is 9.80 Å². The van der Waals surface area contributed by atoms with Crippen molar-refractivity contribution < 1.29 is 4.79 Å². The van der Waals surface area contributed by atoms with Crippen LogP contribution in [0.3, 0.4) is 0 Å². The minimum atomic E-state index is 0.260. The van der Waals surface area contributed by atoms with Gasteiger partial charge in [-0.1, -0.05) is 17.7 Å². The summed E-state index contributed by atoms with van der Waals surface area (Å²) in [6.07, 6.45) is 2.53. The van der Waals surface area contributed by atoms with E-state index in [1.165, 1.54) is 31.5 Å². The number of fused-ring (bicyclic) bond motifs is 1. The molecule has 0 spiro atoms. The number of carbonyl (C=O) groups is 1. The van der Waals surface area contributed by atoms with Crippen LogP contribution < -0.4 is 0 Å². The summed E-state index contributed by atoms with van der Waals surface area (Å²) in [5.41, 5.74) is 3.19. The van der Waals surface area contributed by atoms with Crippen LogP contribution in [0.25, 0.3) is 0 Å². The number of hydrogen-bond donors (Lipinski definition) is 0. The molecule has 3 nitrogen and oxygen atoms in total. The number of nitrogens with zero attached hydrogens (tertiary/aromatic N) is 2. The Morgan fingerprint density at radius 1 is 1.05 bits per heavy atom. The second-order valence-corrected chi connectivity index (χ2v) is 7.35. The molecular formula is C18H24N2O. The lowest BCUT2D eigenvalue weighted by molar-refractivity contribution is 0.0573. The lowest BCUT2D eigenvalue weighted by Crippen LogP contribution is -2.50. The topological polar surface area (TPSA) is 23.6 Å². The monoisotopic (exact) mass is 284 g/mol. The quantitative estimate of drug-likeness (QED) is 0.791. The highest BCUT2D eigenvalue weighted by Crippen LogP contribution is 2.37. The van der Waals surface area contributed by atoms with Crippen LogP contribution in [0.5, 0.6) is 0 Å². The Hall–Kier alpha value is -1.35. The maximum absolute atomic E-state index is 13.1. The van der Waals surface area contributed by atoms with E-state index in [4.69, 9.17) is 0 Å². The highest BCUT2D eigenvalue weighted by molar-refractivity contribution is 5.96. The SMILES string of the molecule is Cc1ccc(C)c(C(=O)N2CC3CC4CC2CN(C4)C3)c1. The van der Waals surface area contributed by atoms with Crippen LogP contribution in [-0.2, 0) is 0 Å². The average molecular weight is 284 g/mol. The number of hydrogen-bond acceptors (Lipinski definition) is 2. The van der Waals surface area contributed by atoms with Gasteiger partial charge in [-0.15, -0.1) is 0 Å².